The van der Waals surface area contributed by atoms with Crippen LogP contribution in [-0.4, -0.2) is 9.78 Å². The Labute approximate surface area is 99.5 Å². The third kappa shape index (κ3) is 2.20. The Morgan fingerprint density at radius 2 is 1.78 bits per heavy atom. The quantitative estimate of drug-likeness (QED) is 0.845. The fraction of sp³-hybridized carbons (Fsp3) is 0.0909. The van der Waals surface area contributed by atoms with Crippen LogP contribution in [-0.2, 0) is 6.18 Å². The lowest BCUT2D eigenvalue weighted by atomic mass is 10.2. The molecule has 18 heavy (non-hydrogen) atoms. The standard InChI is InChI=1S/C11H8F3N3O/c12-11(13,14)8-6-17(16-10(15)9(8)18)7-4-2-1-3-5-7/h1-6H,(H2,15,16). The number of benzene rings is 1. The molecule has 0 saturated heterocycles. The molecular formula is C11H8F3N3O. The van der Waals surface area contributed by atoms with E-state index in [1.165, 1.54) is 0 Å². The summed E-state index contributed by atoms with van der Waals surface area (Å²) in [6.45, 7) is 0. The van der Waals surface area contributed by atoms with E-state index in [0.29, 0.717) is 11.9 Å². The molecule has 0 spiro atoms. The van der Waals surface area contributed by atoms with Crippen LogP contribution >= 0.6 is 0 Å². The molecule has 0 aliphatic rings. The molecule has 0 amide bonds. The minimum atomic E-state index is -4.76. The van der Waals surface area contributed by atoms with Gasteiger partial charge in [0.05, 0.1) is 5.69 Å². The van der Waals surface area contributed by atoms with Crippen LogP contribution in [0, 0.1) is 0 Å². The normalized spacial score (nSPS) is 11.5. The topological polar surface area (TPSA) is 60.9 Å². The molecule has 1 aromatic carbocycles. The molecule has 94 valence electrons. The van der Waals surface area contributed by atoms with E-state index in [4.69, 9.17) is 5.73 Å². The number of anilines is 1. The number of alkyl halides is 3. The first kappa shape index (κ1) is 12.2. The van der Waals surface area contributed by atoms with Crippen LogP contribution in [0.2, 0.25) is 0 Å². The maximum Gasteiger partial charge on any atom is 0.421 e. The van der Waals surface area contributed by atoms with Crippen molar-refractivity contribution in [3.05, 3.63) is 52.3 Å². The van der Waals surface area contributed by atoms with Crippen molar-refractivity contribution in [3.8, 4) is 5.69 Å². The number of nitrogens with two attached hydrogens (primary N) is 1. The Hall–Kier alpha value is -2.31. The highest BCUT2D eigenvalue weighted by Gasteiger charge is 2.35. The molecule has 0 unspecified atom stereocenters. The maximum absolute atomic E-state index is 12.6. The number of rotatable bonds is 1. The largest absolute Gasteiger partial charge is 0.421 e. The lowest BCUT2D eigenvalue weighted by Gasteiger charge is -2.10. The van der Waals surface area contributed by atoms with Gasteiger partial charge in [-0.2, -0.15) is 13.2 Å². The van der Waals surface area contributed by atoms with Crippen LogP contribution in [0.15, 0.2) is 41.3 Å². The Kier molecular flexibility index (Phi) is 2.82. The predicted octanol–water partition coefficient (Wildman–Crippen LogP) is 1.83. The first-order chi connectivity index (χ1) is 8.39. The molecule has 4 nitrogen and oxygen atoms in total. The van der Waals surface area contributed by atoms with Gasteiger partial charge in [-0.15, -0.1) is 5.10 Å². The molecular weight excluding hydrogens is 247 g/mol. The zero-order chi connectivity index (χ0) is 13.3. The molecule has 2 aromatic rings. The van der Waals surface area contributed by atoms with Gasteiger partial charge in [0, 0.05) is 6.20 Å². The van der Waals surface area contributed by atoms with Gasteiger partial charge in [-0.1, -0.05) is 18.2 Å². The van der Waals surface area contributed by atoms with Gasteiger partial charge in [-0.25, -0.2) is 4.68 Å². The average molecular weight is 255 g/mol. The molecule has 0 bridgehead atoms. The van der Waals surface area contributed by atoms with E-state index in [-0.39, 0.29) is 0 Å². The van der Waals surface area contributed by atoms with E-state index < -0.39 is 23.0 Å². The third-order valence-corrected chi connectivity index (χ3v) is 2.27. The van der Waals surface area contributed by atoms with Crippen molar-refractivity contribution in [1.82, 2.24) is 9.78 Å². The maximum atomic E-state index is 12.6. The van der Waals surface area contributed by atoms with Gasteiger partial charge >= 0.3 is 6.18 Å². The van der Waals surface area contributed by atoms with Crippen molar-refractivity contribution < 1.29 is 13.2 Å². The SMILES string of the molecule is Nc1nn(-c2ccccc2)cc(C(F)(F)F)c1=O. The van der Waals surface area contributed by atoms with Crippen LogP contribution in [0.1, 0.15) is 5.56 Å². The Morgan fingerprint density at radius 3 is 2.33 bits per heavy atom. The summed E-state index contributed by atoms with van der Waals surface area (Å²) in [5.41, 5.74) is 2.95. The minimum absolute atomic E-state index is 0.384. The van der Waals surface area contributed by atoms with Gasteiger partial charge < -0.3 is 5.73 Å². The molecule has 0 aliphatic heterocycles. The summed E-state index contributed by atoms with van der Waals surface area (Å²) >= 11 is 0. The van der Waals surface area contributed by atoms with Crippen molar-refractivity contribution >= 4 is 5.82 Å². The molecule has 0 fully saturated rings. The monoisotopic (exact) mass is 255 g/mol. The van der Waals surface area contributed by atoms with Gasteiger partial charge in [0.15, 0.2) is 5.82 Å². The van der Waals surface area contributed by atoms with Crippen molar-refractivity contribution in [2.45, 2.75) is 6.18 Å². The second kappa shape index (κ2) is 4.17. The number of nitrogens with zero attached hydrogens (tertiary/aromatic N) is 2. The van der Waals surface area contributed by atoms with E-state index in [1.54, 1.807) is 30.3 Å². The van der Waals surface area contributed by atoms with E-state index in [2.05, 4.69) is 5.10 Å². The van der Waals surface area contributed by atoms with Gasteiger partial charge in [0.1, 0.15) is 5.56 Å². The van der Waals surface area contributed by atoms with Gasteiger partial charge in [-0.05, 0) is 12.1 Å². The molecule has 1 aromatic heterocycles. The molecule has 1 heterocycles. The number of nitrogen functional groups attached to an aromatic ring is 1. The Bertz CT molecular complexity index is 620. The van der Waals surface area contributed by atoms with Crippen molar-refractivity contribution in [2.24, 2.45) is 0 Å². The first-order valence-corrected chi connectivity index (χ1v) is 4.91. The molecule has 7 heteroatoms. The van der Waals surface area contributed by atoms with Crippen LogP contribution in [0.4, 0.5) is 19.0 Å². The summed E-state index contributed by atoms with van der Waals surface area (Å²) in [5.74, 6) is -0.686. The minimum Gasteiger partial charge on any atom is -0.379 e. The smallest absolute Gasteiger partial charge is 0.379 e. The molecule has 2 N–H and O–H groups in total. The summed E-state index contributed by atoms with van der Waals surface area (Å²) in [4.78, 5) is 11.3. The van der Waals surface area contributed by atoms with Crippen molar-refractivity contribution in [3.63, 3.8) is 0 Å². The molecule has 2 rings (SSSR count). The lowest BCUT2D eigenvalue weighted by molar-refractivity contribution is -0.138. The van der Waals surface area contributed by atoms with Crippen LogP contribution in [0.5, 0.6) is 0 Å². The summed E-state index contributed by atoms with van der Waals surface area (Å²) in [6, 6.07) is 8.09. The second-order valence-corrected chi connectivity index (χ2v) is 3.54. The highest BCUT2D eigenvalue weighted by Crippen LogP contribution is 2.27. The number of hydrogen-bond donors (Lipinski definition) is 1. The summed E-state index contributed by atoms with van der Waals surface area (Å²) in [5, 5.41) is 3.60. The number of hydrogen-bond acceptors (Lipinski definition) is 3. The van der Waals surface area contributed by atoms with E-state index >= 15 is 0 Å². The van der Waals surface area contributed by atoms with Crippen LogP contribution in [0.3, 0.4) is 0 Å². The lowest BCUT2D eigenvalue weighted by Crippen LogP contribution is -2.25. The predicted molar refractivity (Wildman–Crippen MR) is 59.2 cm³/mol. The first-order valence-electron chi connectivity index (χ1n) is 4.91. The van der Waals surface area contributed by atoms with E-state index in [9.17, 15) is 18.0 Å². The second-order valence-electron chi connectivity index (χ2n) is 3.54. The zero-order valence-electron chi connectivity index (χ0n) is 8.98. The molecule has 0 aliphatic carbocycles. The molecule has 0 atom stereocenters. The average Bonchev–Trinajstić information content (AvgIpc) is 2.32. The van der Waals surface area contributed by atoms with Crippen LogP contribution in [0.25, 0.3) is 5.69 Å². The van der Waals surface area contributed by atoms with E-state index in [0.717, 1.165) is 4.68 Å². The summed E-state index contributed by atoms with van der Waals surface area (Å²) in [6.07, 6.45) is -4.13. The number of halogens is 3. The Balaban J connectivity index is 2.66. The van der Waals surface area contributed by atoms with Crippen LogP contribution < -0.4 is 11.2 Å². The summed E-state index contributed by atoms with van der Waals surface area (Å²) < 4.78 is 38.8. The van der Waals surface area contributed by atoms with Crippen molar-refractivity contribution in [2.75, 3.05) is 5.73 Å². The molecule has 0 saturated carbocycles. The highest BCUT2D eigenvalue weighted by molar-refractivity contribution is 5.37. The third-order valence-electron chi connectivity index (χ3n) is 2.27. The number of aromatic nitrogens is 2. The number of para-hydroxylation sites is 1. The van der Waals surface area contributed by atoms with Gasteiger partial charge in [0.25, 0.3) is 0 Å². The van der Waals surface area contributed by atoms with E-state index in [1.807, 2.05) is 0 Å². The van der Waals surface area contributed by atoms with Crippen molar-refractivity contribution in [1.29, 1.82) is 0 Å². The zero-order valence-corrected chi connectivity index (χ0v) is 8.98. The highest BCUT2D eigenvalue weighted by atomic mass is 19.4. The fourth-order valence-electron chi connectivity index (χ4n) is 1.42. The van der Waals surface area contributed by atoms with Gasteiger partial charge in [-0.3, -0.25) is 4.79 Å². The Morgan fingerprint density at radius 1 is 1.17 bits per heavy atom. The summed E-state index contributed by atoms with van der Waals surface area (Å²) in [7, 11) is 0. The fourth-order valence-corrected chi connectivity index (χ4v) is 1.42. The van der Waals surface area contributed by atoms with Gasteiger partial charge in [0.2, 0.25) is 5.43 Å². The molecule has 0 radical (unpaired) electrons.